The van der Waals surface area contributed by atoms with Gasteiger partial charge in [0.2, 0.25) is 0 Å². The van der Waals surface area contributed by atoms with Crippen molar-refractivity contribution in [3.8, 4) is 5.75 Å². The van der Waals surface area contributed by atoms with E-state index < -0.39 is 0 Å². The van der Waals surface area contributed by atoms with Gasteiger partial charge in [-0.2, -0.15) is 0 Å². The molecule has 0 spiro atoms. The topological polar surface area (TPSA) is 37.3 Å². The van der Waals surface area contributed by atoms with Crippen LogP contribution in [0.4, 0.5) is 0 Å². The zero-order valence-electron chi connectivity index (χ0n) is 13.6. The number of Topliss-reactive ketones (excluding diaryl/α,β-unsaturated/α-hetero) is 1. The first-order valence-electron chi connectivity index (χ1n) is 7.55. The van der Waals surface area contributed by atoms with E-state index in [9.17, 15) is 9.90 Å². The molecule has 2 nitrogen and oxygen atoms in total. The first-order chi connectivity index (χ1) is 10.4. The molecule has 0 heterocycles. The number of hydrogen-bond acceptors (Lipinski definition) is 2. The molecule has 0 aliphatic heterocycles. The SMILES string of the molecule is CCC(C)(Pc1ccccc1C(C)=O)c1cc(C)ccc1O. The standard InChI is InChI=1S/C19H23O2P/c1-5-19(4,16-12-13(2)10-11-17(16)21)22-18-9-7-6-8-15(18)14(3)20/h6-12,21-22H,5H2,1-4H3. The van der Waals surface area contributed by atoms with Gasteiger partial charge in [0.1, 0.15) is 5.75 Å². The molecule has 0 fully saturated rings. The van der Waals surface area contributed by atoms with E-state index in [1.807, 2.05) is 37.3 Å². The Balaban J connectivity index is 2.48. The molecule has 0 saturated heterocycles. The fourth-order valence-corrected chi connectivity index (χ4v) is 4.31. The second-order valence-electron chi connectivity index (χ2n) is 5.93. The van der Waals surface area contributed by atoms with E-state index in [4.69, 9.17) is 0 Å². The van der Waals surface area contributed by atoms with Gasteiger partial charge in [-0.15, -0.1) is 0 Å². The summed E-state index contributed by atoms with van der Waals surface area (Å²) in [5.41, 5.74) is 2.89. The summed E-state index contributed by atoms with van der Waals surface area (Å²) in [4.78, 5) is 11.9. The minimum Gasteiger partial charge on any atom is -0.508 e. The summed E-state index contributed by atoms with van der Waals surface area (Å²) in [6, 6.07) is 13.5. The number of ketones is 1. The third-order valence-corrected chi connectivity index (χ3v) is 6.05. The third-order valence-electron chi connectivity index (χ3n) is 4.17. The fraction of sp³-hybridized carbons (Fsp3) is 0.316. The molecule has 2 aromatic rings. The maximum Gasteiger partial charge on any atom is 0.160 e. The van der Waals surface area contributed by atoms with Crippen molar-refractivity contribution in [2.75, 3.05) is 0 Å². The van der Waals surface area contributed by atoms with Crippen molar-refractivity contribution in [2.45, 2.75) is 39.3 Å². The largest absolute Gasteiger partial charge is 0.508 e. The van der Waals surface area contributed by atoms with Crippen molar-refractivity contribution < 1.29 is 9.90 Å². The number of rotatable bonds is 5. The second kappa shape index (κ2) is 6.62. The highest BCUT2D eigenvalue weighted by molar-refractivity contribution is 7.48. The average Bonchev–Trinajstić information content (AvgIpc) is 2.50. The highest BCUT2D eigenvalue weighted by Gasteiger charge is 2.29. The molecule has 2 atom stereocenters. The lowest BCUT2D eigenvalue weighted by Gasteiger charge is -2.31. The van der Waals surface area contributed by atoms with Gasteiger partial charge in [0.15, 0.2) is 5.78 Å². The lowest BCUT2D eigenvalue weighted by atomic mass is 9.95. The van der Waals surface area contributed by atoms with Crippen LogP contribution < -0.4 is 5.30 Å². The zero-order chi connectivity index (χ0) is 16.3. The lowest BCUT2D eigenvalue weighted by molar-refractivity contribution is 0.101. The van der Waals surface area contributed by atoms with Crippen molar-refractivity contribution in [3.63, 3.8) is 0 Å². The van der Waals surface area contributed by atoms with Crippen LogP contribution in [-0.2, 0) is 5.16 Å². The van der Waals surface area contributed by atoms with Gasteiger partial charge in [-0.05, 0) is 31.6 Å². The molecule has 116 valence electrons. The molecule has 0 aliphatic rings. The van der Waals surface area contributed by atoms with Gasteiger partial charge in [0.05, 0.1) is 0 Å². The molecule has 0 bridgehead atoms. The molecule has 0 radical (unpaired) electrons. The fourth-order valence-electron chi connectivity index (χ4n) is 2.63. The molecule has 22 heavy (non-hydrogen) atoms. The molecule has 2 unspecified atom stereocenters. The predicted octanol–water partition coefficient (Wildman–Crippen LogP) is 4.53. The maximum atomic E-state index is 11.9. The van der Waals surface area contributed by atoms with Crippen molar-refractivity contribution in [1.29, 1.82) is 0 Å². The van der Waals surface area contributed by atoms with Crippen LogP contribution in [0.25, 0.3) is 0 Å². The van der Waals surface area contributed by atoms with Crippen molar-refractivity contribution in [1.82, 2.24) is 0 Å². The van der Waals surface area contributed by atoms with Crippen LogP contribution in [0, 0.1) is 6.92 Å². The zero-order valence-corrected chi connectivity index (χ0v) is 14.6. The van der Waals surface area contributed by atoms with E-state index in [2.05, 4.69) is 19.9 Å². The van der Waals surface area contributed by atoms with Crippen molar-refractivity contribution in [3.05, 3.63) is 59.2 Å². The predicted molar refractivity (Wildman–Crippen MR) is 94.9 cm³/mol. The van der Waals surface area contributed by atoms with Crippen LogP contribution in [-0.4, -0.2) is 10.9 Å². The molecule has 0 amide bonds. The monoisotopic (exact) mass is 314 g/mol. The van der Waals surface area contributed by atoms with Crippen LogP contribution in [0.3, 0.4) is 0 Å². The van der Waals surface area contributed by atoms with Gasteiger partial charge in [-0.3, -0.25) is 4.79 Å². The van der Waals surface area contributed by atoms with Crippen molar-refractivity contribution in [2.24, 2.45) is 0 Å². The highest BCUT2D eigenvalue weighted by atomic mass is 31.1. The molecule has 0 aliphatic carbocycles. The quantitative estimate of drug-likeness (QED) is 0.650. The summed E-state index contributed by atoms with van der Waals surface area (Å²) in [6.07, 6.45) is 0.898. The Morgan fingerprint density at radius 3 is 2.55 bits per heavy atom. The van der Waals surface area contributed by atoms with Gasteiger partial charge in [-0.25, -0.2) is 0 Å². The first kappa shape index (κ1) is 16.7. The Labute approximate surface area is 134 Å². The molecule has 0 aromatic heterocycles. The van der Waals surface area contributed by atoms with E-state index in [0.717, 1.165) is 28.4 Å². The smallest absolute Gasteiger partial charge is 0.160 e. The number of benzene rings is 2. The maximum absolute atomic E-state index is 11.9. The Morgan fingerprint density at radius 1 is 1.23 bits per heavy atom. The summed E-state index contributed by atoms with van der Waals surface area (Å²) in [6.45, 7) is 7.93. The second-order valence-corrected chi connectivity index (χ2v) is 7.83. The molecular formula is C19H23O2P. The van der Waals surface area contributed by atoms with E-state index >= 15 is 0 Å². The normalized spacial score (nSPS) is 14.2. The lowest BCUT2D eigenvalue weighted by Crippen LogP contribution is -2.21. The minimum atomic E-state index is -0.179. The molecule has 1 N–H and O–H groups in total. The van der Waals surface area contributed by atoms with Crippen LogP contribution in [0.1, 0.15) is 48.7 Å². The summed E-state index contributed by atoms with van der Waals surface area (Å²) in [5, 5.41) is 11.2. The van der Waals surface area contributed by atoms with Crippen LogP contribution in [0.5, 0.6) is 5.75 Å². The van der Waals surface area contributed by atoms with Crippen LogP contribution in [0.15, 0.2) is 42.5 Å². The number of phenolic OH excluding ortho intramolecular Hbond substituents is 1. The molecular weight excluding hydrogens is 291 g/mol. The first-order valence-corrected chi connectivity index (χ1v) is 8.55. The Bertz CT molecular complexity index is 694. The highest BCUT2D eigenvalue weighted by Crippen LogP contribution is 2.47. The number of phenols is 1. The van der Waals surface area contributed by atoms with Gasteiger partial charge >= 0.3 is 0 Å². The summed E-state index contributed by atoms with van der Waals surface area (Å²) < 4.78 is 0. The van der Waals surface area contributed by atoms with Gasteiger partial charge in [0, 0.05) is 16.3 Å². The number of hydrogen-bond donors (Lipinski definition) is 1. The van der Waals surface area contributed by atoms with E-state index in [-0.39, 0.29) is 10.9 Å². The van der Waals surface area contributed by atoms with Gasteiger partial charge < -0.3 is 5.11 Å². The Hall–Kier alpha value is -1.66. The third kappa shape index (κ3) is 3.39. The van der Waals surface area contributed by atoms with Crippen LogP contribution >= 0.6 is 8.58 Å². The molecule has 3 heteroatoms. The minimum absolute atomic E-state index is 0.0926. The van der Waals surface area contributed by atoms with Gasteiger partial charge in [-0.1, -0.05) is 64.4 Å². The number of carbonyl (C=O) groups excluding carboxylic acids is 1. The summed E-state index contributed by atoms with van der Waals surface area (Å²) in [5.74, 6) is 0.428. The molecule has 2 aromatic carbocycles. The van der Waals surface area contributed by atoms with Crippen molar-refractivity contribution >= 4 is 19.7 Å². The average molecular weight is 314 g/mol. The Morgan fingerprint density at radius 2 is 1.91 bits per heavy atom. The number of aromatic hydroxyl groups is 1. The molecule has 2 rings (SSSR count). The number of aryl methyl sites for hydroxylation is 1. The van der Waals surface area contributed by atoms with E-state index in [0.29, 0.717) is 14.3 Å². The van der Waals surface area contributed by atoms with E-state index in [1.54, 1.807) is 13.0 Å². The molecule has 0 saturated carbocycles. The number of carbonyl (C=O) groups is 1. The van der Waals surface area contributed by atoms with E-state index in [1.165, 1.54) is 0 Å². The summed E-state index contributed by atoms with van der Waals surface area (Å²) in [7, 11) is 0.430. The Kier molecular flexibility index (Phi) is 5.03. The van der Waals surface area contributed by atoms with Crippen LogP contribution in [0.2, 0.25) is 0 Å². The summed E-state index contributed by atoms with van der Waals surface area (Å²) >= 11 is 0. The van der Waals surface area contributed by atoms with Gasteiger partial charge in [0.25, 0.3) is 0 Å².